The van der Waals surface area contributed by atoms with Crippen LogP contribution in [0.15, 0.2) is 30.7 Å². The Hall–Kier alpha value is -2.54. The number of rotatable bonds is 5. The summed E-state index contributed by atoms with van der Waals surface area (Å²) in [6.07, 6.45) is 9.79. The van der Waals surface area contributed by atoms with Crippen molar-refractivity contribution in [3.63, 3.8) is 0 Å². The Morgan fingerprint density at radius 2 is 2.00 bits per heavy atom. The van der Waals surface area contributed by atoms with Crippen LogP contribution in [0.3, 0.4) is 0 Å². The summed E-state index contributed by atoms with van der Waals surface area (Å²) in [6, 6.07) is 4.45. The minimum Gasteiger partial charge on any atom is -0.356 e. The van der Waals surface area contributed by atoms with Crippen LogP contribution in [0.2, 0.25) is 0 Å². The van der Waals surface area contributed by atoms with Gasteiger partial charge >= 0.3 is 0 Å². The van der Waals surface area contributed by atoms with Gasteiger partial charge in [-0.3, -0.25) is 14.7 Å². The number of hydrogen-bond donors (Lipinski definition) is 1. The van der Waals surface area contributed by atoms with Crippen LogP contribution < -0.4 is 10.2 Å². The van der Waals surface area contributed by atoms with Gasteiger partial charge in [0.15, 0.2) is 0 Å². The highest BCUT2D eigenvalue weighted by molar-refractivity contribution is 5.78. The number of anilines is 1. The van der Waals surface area contributed by atoms with Crippen molar-refractivity contribution < 1.29 is 4.79 Å². The fourth-order valence-corrected chi connectivity index (χ4v) is 4.67. The van der Waals surface area contributed by atoms with Crippen LogP contribution in [-0.4, -0.2) is 58.0 Å². The Kier molecular flexibility index (Phi) is 6.57. The van der Waals surface area contributed by atoms with Crippen LogP contribution in [0.4, 0.5) is 5.82 Å². The lowest BCUT2D eigenvalue weighted by Crippen LogP contribution is -2.51. The van der Waals surface area contributed by atoms with E-state index in [4.69, 9.17) is 0 Å². The molecule has 1 atom stereocenters. The molecule has 160 valence electrons. The molecule has 0 saturated carbocycles. The Morgan fingerprint density at radius 3 is 2.77 bits per heavy atom. The molecule has 0 aliphatic carbocycles. The largest absolute Gasteiger partial charge is 0.356 e. The average molecular weight is 409 g/mol. The smallest absolute Gasteiger partial charge is 0.224 e. The predicted molar refractivity (Wildman–Crippen MR) is 117 cm³/mol. The second-order valence-electron chi connectivity index (χ2n) is 8.56. The highest BCUT2D eigenvalue weighted by atomic mass is 16.1. The first-order valence-corrected chi connectivity index (χ1v) is 11.1. The van der Waals surface area contributed by atoms with E-state index in [0.717, 1.165) is 74.6 Å². The minimum atomic E-state index is 0.0835. The SMILES string of the molecule is Cc1ncc(C)c(N2CCC(N3CCC[C@H](C(=O)NCc4cccnc4)C3)CC2)n1. The third-order valence-corrected chi connectivity index (χ3v) is 6.36. The molecule has 30 heavy (non-hydrogen) atoms. The van der Waals surface area contributed by atoms with E-state index in [9.17, 15) is 4.79 Å². The molecule has 2 aromatic heterocycles. The summed E-state index contributed by atoms with van der Waals surface area (Å²) >= 11 is 0. The monoisotopic (exact) mass is 408 g/mol. The number of carbonyl (C=O) groups is 1. The lowest BCUT2D eigenvalue weighted by Gasteiger charge is -2.42. The van der Waals surface area contributed by atoms with Gasteiger partial charge in [-0.05, 0) is 57.7 Å². The van der Waals surface area contributed by atoms with Gasteiger partial charge < -0.3 is 10.2 Å². The number of nitrogens with one attached hydrogen (secondary N) is 1. The molecule has 0 radical (unpaired) electrons. The highest BCUT2D eigenvalue weighted by Gasteiger charge is 2.32. The summed E-state index contributed by atoms with van der Waals surface area (Å²) in [5.41, 5.74) is 2.18. The summed E-state index contributed by atoms with van der Waals surface area (Å²) in [6.45, 7) is 8.58. The van der Waals surface area contributed by atoms with Gasteiger partial charge in [-0.15, -0.1) is 0 Å². The van der Waals surface area contributed by atoms with E-state index in [1.807, 2.05) is 31.5 Å². The highest BCUT2D eigenvalue weighted by Crippen LogP contribution is 2.27. The molecule has 2 aliphatic rings. The predicted octanol–water partition coefficient (Wildman–Crippen LogP) is 2.49. The number of piperidine rings is 2. The first kappa shape index (κ1) is 20.7. The third kappa shape index (κ3) is 4.95. The van der Waals surface area contributed by atoms with Crippen molar-refractivity contribution in [2.75, 3.05) is 31.1 Å². The molecule has 2 saturated heterocycles. The molecule has 2 aromatic rings. The van der Waals surface area contributed by atoms with E-state index < -0.39 is 0 Å². The van der Waals surface area contributed by atoms with Gasteiger partial charge in [-0.25, -0.2) is 9.97 Å². The molecule has 0 unspecified atom stereocenters. The van der Waals surface area contributed by atoms with Crippen LogP contribution in [0, 0.1) is 19.8 Å². The van der Waals surface area contributed by atoms with Crippen molar-refractivity contribution in [2.45, 2.75) is 52.1 Å². The Labute approximate surface area is 178 Å². The van der Waals surface area contributed by atoms with Crippen LogP contribution in [0.5, 0.6) is 0 Å². The van der Waals surface area contributed by atoms with E-state index in [1.54, 1.807) is 6.20 Å². The topological polar surface area (TPSA) is 74.2 Å². The summed E-state index contributed by atoms with van der Waals surface area (Å²) < 4.78 is 0. The molecule has 7 heteroatoms. The van der Waals surface area contributed by atoms with Crippen LogP contribution in [0.25, 0.3) is 0 Å². The van der Waals surface area contributed by atoms with Crippen LogP contribution >= 0.6 is 0 Å². The minimum absolute atomic E-state index is 0.0835. The zero-order chi connectivity index (χ0) is 20.9. The Balaban J connectivity index is 1.29. The third-order valence-electron chi connectivity index (χ3n) is 6.36. The summed E-state index contributed by atoms with van der Waals surface area (Å²) in [5, 5.41) is 3.10. The number of aryl methyl sites for hydroxylation is 2. The van der Waals surface area contributed by atoms with Crippen LogP contribution in [-0.2, 0) is 11.3 Å². The van der Waals surface area contributed by atoms with E-state index in [0.29, 0.717) is 12.6 Å². The molecule has 2 fully saturated rings. The molecular weight excluding hydrogens is 376 g/mol. The summed E-state index contributed by atoms with van der Waals surface area (Å²) in [7, 11) is 0. The second kappa shape index (κ2) is 9.51. The molecule has 2 aliphatic heterocycles. The van der Waals surface area contributed by atoms with Crippen molar-refractivity contribution in [1.82, 2.24) is 25.2 Å². The zero-order valence-electron chi connectivity index (χ0n) is 18.0. The van der Waals surface area contributed by atoms with Gasteiger partial charge in [0.25, 0.3) is 0 Å². The first-order chi connectivity index (χ1) is 14.6. The number of carbonyl (C=O) groups excluding carboxylic acids is 1. The van der Waals surface area contributed by atoms with E-state index in [1.165, 1.54) is 0 Å². The summed E-state index contributed by atoms with van der Waals surface area (Å²) in [5.74, 6) is 2.16. The zero-order valence-corrected chi connectivity index (χ0v) is 18.0. The lowest BCUT2D eigenvalue weighted by atomic mass is 9.93. The van der Waals surface area contributed by atoms with Crippen molar-refractivity contribution in [3.05, 3.63) is 47.7 Å². The number of pyridine rings is 1. The molecule has 0 spiro atoms. The second-order valence-corrected chi connectivity index (χ2v) is 8.56. The molecule has 4 heterocycles. The fourth-order valence-electron chi connectivity index (χ4n) is 4.67. The quantitative estimate of drug-likeness (QED) is 0.819. The van der Waals surface area contributed by atoms with E-state index in [-0.39, 0.29) is 11.8 Å². The van der Waals surface area contributed by atoms with Crippen molar-refractivity contribution >= 4 is 11.7 Å². The molecule has 4 rings (SSSR count). The Bertz CT molecular complexity index is 850. The van der Waals surface area contributed by atoms with Gasteiger partial charge in [0, 0.05) is 56.4 Å². The molecule has 1 N–H and O–H groups in total. The fraction of sp³-hybridized carbons (Fsp3) is 0.565. The van der Waals surface area contributed by atoms with Gasteiger partial charge in [0.1, 0.15) is 11.6 Å². The van der Waals surface area contributed by atoms with Gasteiger partial charge in [-0.2, -0.15) is 0 Å². The van der Waals surface area contributed by atoms with Crippen molar-refractivity contribution in [3.8, 4) is 0 Å². The maximum Gasteiger partial charge on any atom is 0.224 e. The van der Waals surface area contributed by atoms with E-state index >= 15 is 0 Å². The van der Waals surface area contributed by atoms with Gasteiger partial charge in [-0.1, -0.05) is 6.07 Å². The molecule has 1 amide bonds. The van der Waals surface area contributed by atoms with Gasteiger partial charge in [0.05, 0.1) is 5.92 Å². The maximum absolute atomic E-state index is 12.7. The summed E-state index contributed by atoms with van der Waals surface area (Å²) in [4.78, 5) is 30.7. The standard InChI is InChI=1S/C23H32N6O/c1-17-13-25-18(2)27-22(17)28-11-7-21(8-12-28)29-10-4-6-20(16-29)23(30)26-15-19-5-3-9-24-14-19/h3,5,9,13-14,20-21H,4,6-8,10-12,15-16H2,1-2H3,(H,26,30)/t20-/m0/s1. The van der Waals surface area contributed by atoms with Gasteiger partial charge in [0.2, 0.25) is 5.91 Å². The number of nitrogens with zero attached hydrogens (tertiary/aromatic N) is 5. The van der Waals surface area contributed by atoms with Crippen LogP contribution in [0.1, 0.15) is 42.6 Å². The normalized spacial score (nSPS) is 20.9. The molecule has 0 bridgehead atoms. The molecule has 0 aromatic carbocycles. The number of hydrogen-bond acceptors (Lipinski definition) is 6. The number of amides is 1. The number of aromatic nitrogens is 3. The van der Waals surface area contributed by atoms with Crippen molar-refractivity contribution in [2.24, 2.45) is 5.92 Å². The van der Waals surface area contributed by atoms with E-state index in [2.05, 4.69) is 37.0 Å². The number of likely N-dealkylation sites (tertiary alicyclic amines) is 1. The van der Waals surface area contributed by atoms with Crippen molar-refractivity contribution in [1.29, 1.82) is 0 Å². The molecule has 7 nitrogen and oxygen atoms in total. The molecular formula is C23H32N6O. The maximum atomic E-state index is 12.7. The average Bonchev–Trinajstić information content (AvgIpc) is 2.80. The Morgan fingerprint density at radius 1 is 1.17 bits per heavy atom. The lowest BCUT2D eigenvalue weighted by molar-refractivity contribution is -0.127. The first-order valence-electron chi connectivity index (χ1n) is 11.1.